The molecule has 1 aliphatic heterocycles. The van der Waals surface area contributed by atoms with Crippen LogP contribution in [0.2, 0.25) is 0 Å². The molecule has 0 amide bonds. The van der Waals surface area contributed by atoms with Crippen molar-refractivity contribution >= 4 is 0 Å². The molecule has 0 atom stereocenters. The molecule has 0 saturated carbocycles. The number of rotatable bonds is 3. The lowest BCUT2D eigenvalue weighted by Gasteiger charge is -2.29. The van der Waals surface area contributed by atoms with Gasteiger partial charge in [0.25, 0.3) is 0 Å². The van der Waals surface area contributed by atoms with Crippen LogP contribution in [0.1, 0.15) is 30.5 Å². The summed E-state index contributed by atoms with van der Waals surface area (Å²) in [6.07, 6.45) is 3.90. The monoisotopic (exact) mass is 319 g/mol. The zero-order valence-electron chi connectivity index (χ0n) is 14.8. The number of benzene rings is 1. The van der Waals surface area contributed by atoms with Gasteiger partial charge < -0.3 is 9.64 Å². The Kier molecular flexibility index (Phi) is 5.11. The highest BCUT2D eigenvalue weighted by atomic mass is 16.5. The molecule has 0 saturated heterocycles. The fraction of sp³-hybridized carbons (Fsp3) is 0.300. The molecule has 0 aliphatic carbocycles. The molecule has 1 aromatic rings. The fourth-order valence-corrected chi connectivity index (χ4v) is 2.80. The molecule has 0 radical (unpaired) electrons. The standard InChI is InChI=1S/C20H21N3O/c1-13-6-7-20(24-5)16(4)18(13)12-23-11-15(3)14(2)8-19(23)17(9-21)10-22/h6-8,11H,12H2,1-5H3. The van der Waals surface area contributed by atoms with Gasteiger partial charge in [-0.3, -0.25) is 0 Å². The topological polar surface area (TPSA) is 60.0 Å². The zero-order valence-corrected chi connectivity index (χ0v) is 14.8. The summed E-state index contributed by atoms with van der Waals surface area (Å²) in [5, 5.41) is 18.6. The average Bonchev–Trinajstić information content (AvgIpc) is 2.56. The van der Waals surface area contributed by atoms with E-state index in [0.29, 0.717) is 12.2 Å². The van der Waals surface area contributed by atoms with Crippen molar-refractivity contribution in [1.82, 2.24) is 4.90 Å². The second-order valence-corrected chi connectivity index (χ2v) is 5.94. The maximum absolute atomic E-state index is 9.28. The molecule has 0 unspecified atom stereocenters. The van der Waals surface area contributed by atoms with E-state index in [9.17, 15) is 10.5 Å². The van der Waals surface area contributed by atoms with Crippen LogP contribution < -0.4 is 4.74 Å². The Bertz CT molecular complexity index is 829. The minimum Gasteiger partial charge on any atom is -0.496 e. The van der Waals surface area contributed by atoms with Gasteiger partial charge in [0.1, 0.15) is 17.9 Å². The molecule has 0 N–H and O–H groups in total. The normalized spacial score (nSPS) is 13.6. The quantitative estimate of drug-likeness (QED) is 0.780. The van der Waals surface area contributed by atoms with E-state index in [0.717, 1.165) is 33.6 Å². The molecular formula is C20H21N3O. The smallest absolute Gasteiger partial charge is 0.153 e. The summed E-state index contributed by atoms with van der Waals surface area (Å²) < 4.78 is 5.42. The summed E-state index contributed by atoms with van der Waals surface area (Å²) in [4.78, 5) is 1.97. The van der Waals surface area contributed by atoms with Crippen molar-refractivity contribution < 1.29 is 4.74 Å². The van der Waals surface area contributed by atoms with Gasteiger partial charge in [0, 0.05) is 12.7 Å². The molecule has 1 aromatic carbocycles. The number of nitriles is 2. The Morgan fingerprint density at radius 2 is 1.75 bits per heavy atom. The largest absolute Gasteiger partial charge is 0.496 e. The number of nitrogens with zero attached hydrogens (tertiary/aromatic N) is 3. The molecule has 2 rings (SSSR count). The van der Waals surface area contributed by atoms with E-state index in [-0.39, 0.29) is 5.57 Å². The summed E-state index contributed by atoms with van der Waals surface area (Å²) in [5.41, 5.74) is 6.31. The third-order valence-electron chi connectivity index (χ3n) is 4.45. The second kappa shape index (κ2) is 7.06. The molecule has 4 heteroatoms. The number of allylic oxidation sites excluding steroid dienone is 4. The van der Waals surface area contributed by atoms with Gasteiger partial charge in [-0.05, 0) is 67.7 Å². The van der Waals surface area contributed by atoms with E-state index in [2.05, 4.69) is 6.92 Å². The fourth-order valence-electron chi connectivity index (χ4n) is 2.80. The van der Waals surface area contributed by atoms with Crippen molar-refractivity contribution in [2.75, 3.05) is 7.11 Å². The van der Waals surface area contributed by atoms with E-state index >= 15 is 0 Å². The lowest BCUT2D eigenvalue weighted by Crippen LogP contribution is -2.21. The number of ether oxygens (including phenoxy) is 1. The van der Waals surface area contributed by atoms with E-state index in [1.54, 1.807) is 7.11 Å². The van der Waals surface area contributed by atoms with Gasteiger partial charge in [-0.15, -0.1) is 0 Å². The Hall–Kier alpha value is -2.98. The maximum atomic E-state index is 9.28. The molecule has 0 aromatic heterocycles. The minimum atomic E-state index is 0.122. The summed E-state index contributed by atoms with van der Waals surface area (Å²) in [5.74, 6) is 0.839. The van der Waals surface area contributed by atoms with Gasteiger partial charge in [0.05, 0.1) is 12.8 Å². The Balaban J connectivity index is 2.54. The number of aryl methyl sites for hydroxylation is 1. The van der Waals surface area contributed by atoms with E-state index < -0.39 is 0 Å². The van der Waals surface area contributed by atoms with Crippen LogP contribution in [0.5, 0.6) is 5.75 Å². The van der Waals surface area contributed by atoms with Crippen LogP contribution in [-0.4, -0.2) is 12.0 Å². The van der Waals surface area contributed by atoms with Gasteiger partial charge in [-0.2, -0.15) is 10.5 Å². The Morgan fingerprint density at radius 1 is 1.08 bits per heavy atom. The lowest BCUT2D eigenvalue weighted by atomic mass is 9.98. The first-order chi connectivity index (χ1) is 11.4. The van der Waals surface area contributed by atoms with Gasteiger partial charge in [-0.1, -0.05) is 6.07 Å². The van der Waals surface area contributed by atoms with Gasteiger partial charge in [-0.25, -0.2) is 0 Å². The number of hydrogen-bond acceptors (Lipinski definition) is 4. The summed E-state index contributed by atoms with van der Waals surface area (Å²) in [7, 11) is 1.66. The van der Waals surface area contributed by atoms with Gasteiger partial charge in [0.15, 0.2) is 5.57 Å². The van der Waals surface area contributed by atoms with Crippen molar-refractivity contribution in [2.45, 2.75) is 34.2 Å². The lowest BCUT2D eigenvalue weighted by molar-refractivity contribution is 0.407. The number of hydrogen-bond donors (Lipinski definition) is 0. The van der Waals surface area contributed by atoms with Crippen molar-refractivity contribution in [3.05, 3.63) is 63.5 Å². The van der Waals surface area contributed by atoms with Crippen LogP contribution in [0.15, 0.2) is 46.8 Å². The van der Waals surface area contributed by atoms with Crippen molar-refractivity contribution in [3.8, 4) is 17.9 Å². The van der Waals surface area contributed by atoms with Crippen LogP contribution in [0.25, 0.3) is 0 Å². The SMILES string of the molecule is COc1ccc(C)c(CN2C=C(C)C(C)=CC2=C(C#N)C#N)c1C. The average molecular weight is 319 g/mol. The highest BCUT2D eigenvalue weighted by Gasteiger charge is 2.19. The first kappa shape index (κ1) is 17.4. The third-order valence-corrected chi connectivity index (χ3v) is 4.45. The molecule has 1 heterocycles. The molecule has 24 heavy (non-hydrogen) atoms. The van der Waals surface area contributed by atoms with E-state index in [4.69, 9.17) is 4.74 Å². The number of methoxy groups -OCH3 is 1. The predicted octanol–water partition coefficient (Wildman–Crippen LogP) is 4.28. The Morgan fingerprint density at radius 3 is 2.33 bits per heavy atom. The van der Waals surface area contributed by atoms with E-state index in [1.165, 1.54) is 0 Å². The van der Waals surface area contributed by atoms with Crippen molar-refractivity contribution in [1.29, 1.82) is 10.5 Å². The molecule has 0 spiro atoms. The van der Waals surface area contributed by atoms with Crippen molar-refractivity contribution in [3.63, 3.8) is 0 Å². The molecular weight excluding hydrogens is 298 g/mol. The first-order valence-corrected chi connectivity index (χ1v) is 7.74. The molecule has 122 valence electrons. The molecule has 0 bridgehead atoms. The second-order valence-electron chi connectivity index (χ2n) is 5.94. The molecule has 1 aliphatic rings. The van der Waals surface area contributed by atoms with Crippen LogP contribution in [0, 0.1) is 36.5 Å². The molecule has 0 fully saturated rings. The third kappa shape index (κ3) is 3.19. The summed E-state index contributed by atoms with van der Waals surface area (Å²) in [6.45, 7) is 8.68. The van der Waals surface area contributed by atoms with Crippen LogP contribution in [-0.2, 0) is 6.54 Å². The van der Waals surface area contributed by atoms with E-state index in [1.807, 2.05) is 62.2 Å². The Labute approximate surface area is 143 Å². The first-order valence-electron chi connectivity index (χ1n) is 7.74. The summed E-state index contributed by atoms with van der Waals surface area (Å²) in [6, 6.07) is 8.00. The molecule has 4 nitrogen and oxygen atoms in total. The van der Waals surface area contributed by atoms with Crippen molar-refractivity contribution in [2.24, 2.45) is 0 Å². The van der Waals surface area contributed by atoms with Crippen LogP contribution in [0.3, 0.4) is 0 Å². The summed E-state index contributed by atoms with van der Waals surface area (Å²) >= 11 is 0. The minimum absolute atomic E-state index is 0.122. The van der Waals surface area contributed by atoms with Crippen LogP contribution >= 0.6 is 0 Å². The van der Waals surface area contributed by atoms with Gasteiger partial charge in [0.2, 0.25) is 0 Å². The zero-order chi connectivity index (χ0) is 17.9. The maximum Gasteiger partial charge on any atom is 0.153 e. The highest BCUT2D eigenvalue weighted by Crippen LogP contribution is 2.30. The highest BCUT2D eigenvalue weighted by molar-refractivity contribution is 5.51. The van der Waals surface area contributed by atoms with Crippen LogP contribution in [0.4, 0.5) is 0 Å². The predicted molar refractivity (Wildman–Crippen MR) is 93.8 cm³/mol. The van der Waals surface area contributed by atoms with Gasteiger partial charge >= 0.3 is 0 Å².